The smallest absolute Gasteiger partial charge is 0.337 e. The Hall–Kier alpha value is 0.588. The van der Waals surface area contributed by atoms with Gasteiger partial charge < -0.3 is 31.0 Å². The lowest BCUT2D eigenvalue weighted by atomic mass is 9.87. The highest BCUT2D eigenvalue weighted by molar-refractivity contribution is 6.68. The molecule has 0 amide bonds. The van der Waals surface area contributed by atoms with Crippen molar-refractivity contribution in [2.45, 2.75) is 81.9 Å². The molecule has 0 spiro atoms. The molecule has 0 heterocycles. The van der Waals surface area contributed by atoms with Gasteiger partial charge in [-0.05, 0) is 38.9 Å². The highest BCUT2D eigenvalue weighted by atomic mass is 28.4. The van der Waals surface area contributed by atoms with Gasteiger partial charge in [0, 0.05) is 59.3 Å². The first kappa shape index (κ1) is 30.6. The minimum absolute atomic E-state index is 0.247. The fourth-order valence-corrected chi connectivity index (χ4v) is 9.83. The van der Waals surface area contributed by atoms with Crippen LogP contribution < -0.4 is 0 Å². The molecule has 0 aliphatic heterocycles. The van der Waals surface area contributed by atoms with Crippen molar-refractivity contribution in [2.24, 2.45) is 0 Å². The monoisotopic (exact) mass is 500 g/mol. The van der Waals surface area contributed by atoms with Gasteiger partial charge >= 0.3 is 25.7 Å². The SMILES string of the molecule is CO[Si](C)(OC)C(C)CC(CC(C)[Si](C)(OC)OC)(CC(C)[Si](C)(OC)OC)O[SiH3]. The van der Waals surface area contributed by atoms with Gasteiger partial charge in [0.25, 0.3) is 0 Å². The Morgan fingerprint density at radius 3 is 0.900 bits per heavy atom. The average Bonchev–Trinajstić information content (AvgIpc) is 2.76. The van der Waals surface area contributed by atoms with Crippen LogP contribution in [0.2, 0.25) is 36.3 Å². The van der Waals surface area contributed by atoms with Crippen LogP contribution in [0.15, 0.2) is 0 Å². The molecule has 0 bridgehead atoms. The van der Waals surface area contributed by atoms with Crippen molar-refractivity contribution in [2.75, 3.05) is 42.7 Å². The Bertz CT molecular complexity index is 421. The summed E-state index contributed by atoms with van der Waals surface area (Å²) in [5.74, 6) is 0. The molecule has 0 fully saturated rings. The molecule has 3 atom stereocenters. The Morgan fingerprint density at radius 2 is 0.767 bits per heavy atom. The van der Waals surface area contributed by atoms with Gasteiger partial charge in [-0.1, -0.05) is 20.8 Å². The molecule has 0 saturated heterocycles. The van der Waals surface area contributed by atoms with Crippen LogP contribution in [0, 0.1) is 0 Å². The van der Waals surface area contributed by atoms with Crippen molar-refractivity contribution in [3.8, 4) is 0 Å². The minimum Gasteiger partial charge on any atom is -0.422 e. The zero-order chi connectivity index (χ0) is 23.8. The first-order chi connectivity index (χ1) is 13.8. The van der Waals surface area contributed by atoms with Crippen LogP contribution in [-0.2, 0) is 31.0 Å². The van der Waals surface area contributed by atoms with E-state index in [0.717, 1.165) is 19.3 Å². The average molecular weight is 501 g/mol. The summed E-state index contributed by atoms with van der Waals surface area (Å²) in [4.78, 5) is 0. The van der Waals surface area contributed by atoms with Gasteiger partial charge in [-0.3, -0.25) is 0 Å². The second-order valence-corrected chi connectivity index (χ2v) is 20.9. The maximum absolute atomic E-state index is 6.47. The minimum atomic E-state index is -2.32. The third kappa shape index (κ3) is 7.30. The van der Waals surface area contributed by atoms with Crippen LogP contribution in [0.25, 0.3) is 0 Å². The molecular formula is C19H48O7Si4. The van der Waals surface area contributed by atoms with Crippen molar-refractivity contribution >= 4 is 36.2 Å². The van der Waals surface area contributed by atoms with Crippen LogP contribution in [0.5, 0.6) is 0 Å². The predicted molar refractivity (Wildman–Crippen MR) is 133 cm³/mol. The lowest BCUT2D eigenvalue weighted by molar-refractivity contribution is 0.0345. The van der Waals surface area contributed by atoms with E-state index in [0.29, 0.717) is 10.5 Å². The standard InChI is InChI=1S/C19H48O7Si4/c1-16(28(10,20-4)21-5)13-19(26-27,14-17(2)29(11,22-6)23-7)15-18(3)30(12,24-8)25-9/h16-18H,13-15H2,1-12,27H3. The molecule has 182 valence electrons. The molecule has 0 saturated carbocycles. The van der Waals surface area contributed by atoms with E-state index < -0.39 is 25.7 Å². The Balaban J connectivity index is 6.08. The number of rotatable bonds is 16. The van der Waals surface area contributed by atoms with E-state index in [2.05, 4.69) is 40.4 Å². The molecule has 0 aromatic heterocycles. The lowest BCUT2D eigenvalue weighted by Gasteiger charge is -2.45. The Kier molecular flexibility index (Phi) is 13.0. The summed E-state index contributed by atoms with van der Waals surface area (Å²) in [6.07, 6.45) is 2.56. The summed E-state index contributed by atoms with van der Waals surface area (Å²) in [5, 5.41) is 0. The second-order valence-electron chi connectivity index (χ2n) is 8.98. The Morgan fingerprint density at radius 1 is 0.567 bits per heavy atom. The van der Waals surface area contributed by atoms with Crippen LogP contribution in [0.4, 0.5) is 0 Å². The van der Waals surface area contributed by atoms with E-state index in [-0.39, 0.29) is 22.2 Å². The topological polar surface area (TPSA) is 64.6 Å². The zero-order valence-corrected chi connectivity index (χ0v) is 26.7. The van der Waals surface area contributed by atoms with Crippen molar-refractivity contribution < 1.29 is 31.0 Å². The second kappa shape index (κ2) is 12.7. The van der Waals surface area contributed by atoms with Gasteiger partial charge in [0.2, 0.25) is 0 Å². The molecule has 0 radical (unpaired) electrons. The summed E-state index contributed by atoms with van der Waals surface area (Å²) in [5.41, 5.74) is 0.400. The van der Waals surface area contributed by atoms with Crippen LogP contribution in [0.3, 0.4) is 0 Å². The van der Waals surface area contributed by atoms with E-state index in [9.17, 15) is 0 Å². The third-order valence-corrected chi connectivity index (χ3v) is 19.3. The van der Waals surface area contributed by atoms with Gasteiger partial charge in [-0.25, -0.2) is 0 Å². The van der Waals surface area contributed by atoms with E-state index >= 15 is 0 Å². The lowest BCUT2D eigenvalue weighted by Crippen LogP contribution is -2.50. The molecule has 11 heteroatoms. The van der Waals surface area contributed by atoms with Crippen molar-refractivity contribution in [1.29, 1.82) is 0 Å². The maximum Gasteiger partial charge on any atom is 0.337 e. The highest BCUT2D eigenvalue weighted by Crippen LogP contribution is 2.46. The van der Waals surface area contributed by atoms with Gasteiger partial charge in [0.05, 0.1) is 5.60 Å². The number of hydrogen-bond donors (Lipinski definition) is 0. The molecule has 0 rings (SSSR count). The van der Waals surface area contributed by atoms with Gasteiger partial charge in [0.15, 0.2) is 0 Å². The maximum atomic E-state index is 6.47. The molecule has 0 aliphatic rings. The predicted octanol–water partition coefficient (Wildman–Crippen LogP) is 3.46. The molecule has 3 unspecified atom stereocenters. The molecule has 0 N–H and O–H groups in total. The molecule has 0 aliphatic carbocycles. The first-order valence-corrected chi connectivity index (χ1v) is 18.7. The summed E-state index contributed by atoms with van der Waals surface area (Å²) in [7, 11) is 4.17. The molecule has 0 aromatic rings. The third-order valence-electron chi connectivity index (χ3n) is 7.58. The largest absolute Gasteiger partial charge is 0.422 e. The normalized spacial score (nSPS) is 18.8. The zero-order valence-electron chi connectivity index (χ0n) is 21.7. The van der Waals surface area contributed by atoms with Crippen LogP contribution in [0.1, 0.15) is 40.0 Å². The van der Waals surface area contributed by atoms with E-state index in [1.54, 1.807) is 42.7 Å². The van der Waals surface area contributed by atoms with Gasteiger partial charge in [-0.15, -0.1) is 0 Å². The quantitative estimate of drug-likeness (QED) is 0.301. The van der Waals surface area contributed by atoms with Crippen molar-refractivity contribution in [3.63, 3.8) is 0 Å². The van der Waals surface area contributed by atoms with E-state index in [1.165, 1.54) is 0 Å². The highest BCUT2D eigenvalue weighted by Gasteiger charge is 2.49. The van der Waals surface area contributed by atoms with E-state index in [4.69, 9.17) is 31.0 Å². The summed E-state index contributed by atoms with van der Waals surface area (Å²) in [6, 6.07) is 0. The summed E-state index contributed by atoms with van der Waals surface area (Å²) < 4.78 is 41.6. The molecule has 30 heavy (non-hydrogen) atoms. The number of hydrogen-bond acceptors (Lipinski definition) is 7. The fraction of sp³-hybridized carbons (Fsp3) is 1.00. The summed E-state index contributed by atoms with van der Waals surface area (Å²) in [6.45, 7) is 13.0. The van der Waals surface area contributed by atoms with E-state index in [1.807, 2.05) is 0 Å². The van der Waals surface area contributed by atoms with Gasteiger partial charge in [-0.2, -0.15) is 0 Å². The molecule has 0 aromatic carbocycles. The Labute approximate surface area is 191 Å². The van der Waals surface area contributed by atoms with Crippen LogP contribution in [-0.4, -0.2) is 84.4 Å². The fourth-order valence-electron chi connectivity index (χ4n) is 4.19. The molecule has 7 nitrogen and oxygen atoms in total. The van der Waals surface area contributed by atoms with Crippen LogP contribution >= 0.6 is 0 Å². The summed E-state index contributed by atoms with van der Waals surface area (Å²) >= 11 is 0. The molecular weight excluding hydrogens is 453 g/mol. The van der Waals surface area contributed by atoms with Crippen molar-refractivity contribution in [3.05, 3.63) is 0 Å². The first-order valence-electron chi connectivity index (χ1n) is 10.7. The van der Waals surface area contributed by atoms with Crippen molar-refractivity contribution in [1.82, 2.24) is 0 Å². The van der Waals surface area contributed by atoms with Gasteiger partial charge in [0.1, 0.15) is 10.5 Å².